The van der Waals surface area contributed by atoms with E-state index in [1.165, 1.54) is 0 Å². The van der Waals surface area contributed by atoms with E-state index in [0.717, 1.165) is 0 Å². The van der Waals surface area contributed by atoms with Crippen LogP contribution in [0.3, 0.4) is 0 Å². The quantitative estimate of drug-likeness (QED) is 0.406. The van der Waals surface area contributed by atoms with Crippen LogP contribution in [0, 0.1) is 35.6 Å². The van der Waals surface area contributed by atoms with E-state index in [4.69, 9.17) is 23.9 Å². The SMILES string of the molecule is [La].[O]=[Al][OH].[O]=[Al][OH].[O]=[Al][OH]. The minimum atomic E-state index is -1.50. The van der Waals surface area contributed by atoms with Gasteiger partial charge in [-0.2, -0.15) is 0 Å². The molecule has 0 saturated carbocycles. The molecule has 0 spiro atoms. The fourth-order valence-corrected chi connectivity index (χ4v) is 0. The van der Waals surface area contributed by atoms with Crippen molar-refractivity contribution < 1.29 is 59.5 Å². The Balaban J connectivity index is -0.0000000257. The molecule has 0 fully saturated rings. The van der Waals surface area contributed by atoms with Gasteiger partial charge in [-0.15, -0.1) is 0 Å². The van der Waals surface area contributed by atoms with Crippen LogP contribution in [0.1, 0.15) is 0 Å². The Labute approximate surface area is 104 Å². The third-order valence-corrected chi connectivity index (χ3v) is 0. The number of rotatable bonds is 0. The van der Waals surface area contributed by atoms with Crippen molar-refractivity contribution in [1.82, 2.24) is 0 Å². The fourth-order valence-electron chi connectivity index (χ4n) is 0. The summed E-state index contributed by atoms with van der Waals surface area (Å²) in [6, 6.07) is 0. The first-order valence-corrected chi connectivity index (χ1v) is 4.45. The Morgan fingerprint density at radius 2 is 0.700 bits per heavy atom. The molecule has 0 saturated heterocycles. The zero-order valence-electron chi connectivity index (χ0n) is 4.88. The molecule has 0 aliphatic heterocycles. The second-order valence-electron chi connectivity index (χ2n) is 0.316. The van der Waals surface area contributed by atoms with Gasteiger partial charge < -0.3 is 0 Å². The van der Waals surface area contributed by atoms with Crippen molar-refractivity contribution in [2.45, 2.75) is 0 Å². The first-order chi connectivity index (χ1) is 4.24. The van der Waals surface area contributed by atoms with Crippen LogP contribution in [0.2, 0.25) is 0 Å². The summed E-state index contributed by atoms with van der Waals surface area (Å²) in [6.45, 7) is 0. The van der Waals surface area contributed by atoms with Crippen LogP contribution in [-0.4, -0.2) is 58.9 Å². The molecule has 10 heavy (non-hydrogen) atoms. The summed E-state index contributed by atoms with van der Waals surface area (Å²) in [4.78, 5) is 0. The maximum absolute atomic E-state index is 8.57. The van der Waals surface area contributed by atoms with Gasteiger partial charge in [-0.05, 0) is 0 Å². The third-order valence-electron chi connectivity index (χ3n) is 0. The molecule has 1 radical (unpaired) electrons. The standard InChI is InChI=1S/3Al.La.3H2O.3O/h;;;;3*1H2;;;/q3*+1;;;;;;;/p-3. The molecule has 0 aromatic heterocycles. The Morgan fingerprint density at radius 3 is 0.700 bits per heavy atom. The van der Waals surface area contributed by atoms with Crippen molar-refractivity contribution in [2.75, 3.05) is 0 Å². The van der Waals surface area contributed by atoms with Gasteiger partial charge in [0, 0.05) is 35.6 Å². The van der Waals surface area contributed by atoms with Crippen molar-refractivity contribution in [1.29, 1.82) is 0 Å². The maximum atomic E-state index is 8.57. The molecule has 0 amide bonds. The molecule has 0 aliphatic rings. The van der Waals surface area contributed by atoms with E-state index in [2.05, 4.69) is 0 Å². The summed E-state index contributed by atoms with van der Waals surface area (Å²) < 4.78 is 47.0. The zero-order valence-corrected chi connectivity index (χ0v) is 12.0. The van der Waals surface area contributed by atoms with Crippen molar-refractivity contribution in [3.8, 4) is 0 Å². The molecule has 0 heterocycles. The topological polar surface area (TPSA) is 112 Å². The number of hydrogen-bond acceptors (Lipinski definition) is 3. The van der Waals surface area contributed by atoms with E-state index in [0.29, 0.717) is 0 Å². The Hall–Kier alpha value is 1.59. The molecule has 0 aromatic rings. The predicted molar refractivity (Wildman–Crippen MR) is 26.0 cm³/mol. The van der Waals surface area contributed by atoms with Crippen molar-refractivity contribution >= 4 is 46.5 Å². The van der Waals surface area contributed by atoms with Crippen LogP contribution in [0.5, 0.6) is 0 Å². The van der Waals surface area contributed by atoms with E-state index in [1.54, 1.807) is 0 Å². The first-order valence-electron chi connectivity index (χ1n) is 1.48. The second-order valence-corrected chi connectivity index (χ2v) is 0.949. The van der Waals surface area contributed by atoms with Crippen molar-refractivity contribution in [3.05, 3.63) is 0 Å². The van der Waals surface area contributed by atoms with Gasteiger partial charge in [0.1, 0.15) is 0 Å². The fraction of sp³-hybridized carbons (Fsp3) is 0. The van der Waals surface area contributed by atoms with Crippen molar-refractivity contribution in [3.63, 3.8) is 0 Å². The average Bonchev–Trinajstić information content (AvgIpc) is 1.70. The van der Waals surface area contributed by atoms with Gasteiger partial charge in [-0.3, -0.25) is 0 Å². The van der Waals surface area contributed by atoms with Gasteiger partial charge in [0.15, 0.2) is 0 Å². The summed E-state index contributed by atoms with van der Waals surface area (Å²) in [5.74, 6) is 0. The summed E-state index contributed by atoms with van der Waals surface area (Å²) in [5, 5.41) is 0. The normalized spacial score (nSPS) is 2.40. The Bertz CT molecular complexity index is 49.7. The van der Waals surface area contributed by atoms with Crippen LogP contribution in [0.25, 0.3) is 0 Å². The predicted octanol–water partition coefficient (Wildman–Crippen LogP) is -3.17. The van der Waals surface area contributed by atoms with E-state index in [-0.39, 0.29) is 35.6 Å². The van der Waals surface area contributed by atoms with Crippen LogP contribution in [0.4, 0.5) is 0 Å². The van der Waals surface area contributed by atoms with Crippen LogP contribution < -0.4 is 0 Å². The molecule has 51 valence electrons. The third kappa shape index (κ3) is 279. The zero-order chi connectivity index (χ0) is 8.12. The van der Waals surface area contributed by atoms with Crippen LogP contribution >= 0.6 is 0 Å². The van der Waals surface area contributed by atoms with E-state index >= 15 is 0 Å². The van der Waals surface area contributed by atoms with Crippen LogP contribution in [-0.2, 0) is 11.4 Å². The molecule has 0 atom stereocenters. The molecule has 0 unspecified atom stereocenters. The van der Waals surface area contributed by atoms with Gasteiger partial charge in [0.05, 0.1) is 0 Å². The van der Waals surface area contributed by atoms with E-state index < -0.39 is 46.5 Å². The molecule has 6 nitrogen and oxygen atoms in total. The Morgan fingerprint density at radius 1 is 0.700 bits per heavy atom. The average molecular weight is 319 g/mol. The molecule has 3 N–H and O–H groups in total. The molecule has 0 aromatic carbocycles. The van der Waals surface area contributed by atoms with Crippen molar-refractivity contribution in [2.24, 2.45) is 0 Å². The van der Waals surface area contributed by atoms with E-state index in [9.17, 15) is 0 Å². The van der Waals surface area contributed by atoms with Gasteiger partial charge in [-0.1, -0.05) is 0 Å². The molecular weight excluding hydrogens is 316 g/mol. The monoisotopic (exact) mass is 319 g/mol. The molecule has 0 aliphatic carbocycles. The number of hydrogen-bond donors (Lipinski definition) is 3. The van der Waals surface area contributed by atoms with E-state index in [1.807, 2.05) is 0 Å². The molecule has 10 heteroatoms. The van der Waals surface area contributed by atoms with Crippen LogP contribution in [0.15, 0.2) is 0 Å². The van der Waals surface area contributed by atoms with Gasteiger partial charge >= 0.3 is 70.3 Å². The summed E-state index contributed by atoms with van der Waals surface area (Å²) in [7, 11) is 0. The second kappa shape index (κ2) is 46.2. The summed E-state index contributed by atoms with van der Waals surface area (Å²) >= 11 is -4.50. The van der Waals surface area contributed by atoms with Gasteiger partial charge in [0.25, 0.3) is 0 Å². The summed E-state index contributed by atoms with van der Waals surface area (Å²) in [6.07, 6.45) is 0. The first kappa shape index (κ1) is 22.6. The minimum absolute atomic E-state index is 0. The molecular formula is H3Al3LaO6. The molecule has 0 rings (SSSR count). The molecule has 0 bridgehead atoms. The van der Waals surface area contributed by atoms with Gasteiger partial charge in [0.2, 0.25) is 0 Å². The summed E-state index contributed by atoms with van der Waals surface area (Å²) in [5.41, 5.74) is 0. The Kier molecular flexibility index (Phi) is 104. The van der Waals surface area contributed by atoms with Gasteiger partial charge in [-0.25, -0.2) is 0 Å².